The molecular weight excluding hydrogens is 246 g/mol. The molecule has 1 aromatic carbocycles. The van der Waals surface area contributed by atoms with Gasteiger partial charge >= 0.3 is 0 Å². The van der Waals surface area contributed by atoms with Crippen LogP contribution in [-0.2, 0) is 0 Å². The maximum atomic E-state index is 12.0. The molecule has 19 heavy (non-hydrogen) atoms. The van der Waals surface area contributed by atoms with Crippen molar-refractivity contribution in [1.82, 2.24) is 5.32 Å². The Hall–Kier alpha value is -2.43. The maximum absolute atomic E-state index is 12.0. The highest BCUT2D eigenvalue weighted by Gasteiger charge is 2.25. The van der Waals surface area contributed by atoms with Gasteiger partial charge in [-0.2, -0.15) is 0 Å². The molecule has 0 bridgehead atoms. The predicted molar refractivity (Wildman–Crippen MR) is 67.4 cm³/mol. The van der Waals surface area contributed by atoms with Crippen LogP contribution in [-0.4, -0.2) is 19.6 Å². The molecule has 0 saturated heterocycles. The van der Waals surface area contributed by atoms with Crippen LogP contribution in [0.15, 0.2) is 41.0 Å². The van der Waals surface area contributed by atoms with E-state index in [1.165, 1.54) is 0 Å². The Balaban J connectivity index is 1.97. The first kappa shape index (κ1) is 11.6. The standard InChI is InChI=1S/C14H13NO4/c1-17-9-4-5-11-10(7-9)14(16)15-8-13(19-11)12-3-2-6-18-12/h2-7,13H,8H2,1H3,(H,15,16). The smallest absolute Gasteiger partial charge is 0.255 e. The molecule has 2 aromatic rings. The Bertz CT molecular complexity index is 591. The van der Waals surface area contributed by atoms with Gasteiger partial charge < -0.3 is 19.2 Å². The number of fused-ring (bicyclic) bond motifs is 1. The molecule has 3 rings (SSSR count). The molecule has 0 fully saturated rings. The van der Waals surface area contributed by atoms with Crippen molar-refractivity contribution < 1.29 is 18.7 Å². The van der Waals surface area contributed by atoms with Crippen LogP contribution in [0.4, 0.5) is 0 Å². The molecule has 0 spiro atoms. The summed E-state index contributed by atoms with van der Waals surface area (Å²) in [6.07, 6.45) is 1.26. The predicted octanol–water partition coefficient (Wildman–Crippen LogP) is 2.15. The van der Waals surface area contributed by atoms with Crippen molar-refractivity contribution in [2.24, 2.45) is 0 Å². The molecule has 1 amide bonds. The van der Waals surface area contributed by atoms with E-state index in [4.69, 9.17) is 13.9 Å². The molecule has 1 unspecified atom stereocenters. The monoisotopic (exact) mass is 259 g/mol. The largest absolute Gasteiger partial charge is 0.497 e. The number of furan rings is 1. The fourth-order valence-corrected chi connectivity index (χ4v) is 2.02. The fourth-order valence-electron chi connectivity index (χ4n) is 2.02. The SMILES string of the molecule is COc1ccc2c(c1)C(=O)NCC(c1ccco1)O2. The lowest BCUT2D eigenvalue weighted by molar-refractivity contribution is 0.0948. The van der Waals surface area contributed by atoms with Gasteiger partial charge in [0.05, 0.1) is 25.5 Å². The van der Waals surface area contributed by atoms with Gasteiger partial charge in [0.25, 0.3) is 5.91 Å². The summed E-state index contributed by atoms with van der Waals surface area (Å²) in [5.41, 5.74) is 0.466. The van der Waals surface area contributed by atoms with Crippen LogP contribution in [0.25, 0.3) is 0 Å². The van der Waals surface area contributed by atoms with Crippen LogP contribution in [0.1, 0.15) is 22.2 Å². The van der Waals surface area contributed by atoms with Crippen molar-refractivity contribution in [1.29, 1.82) is 0 Å². The molecule has 5 heteroatoms. The normalized spacial score (nSPS) is 17.9. The van der Waals surface area contributed by atoms with Crippen LogP contribution < -0.4 is 14.8 Å². The number of nitrogens with one attached hydrogen (secondary N) is 1. The highest BCUT2D eigenvalue weighted by atomic mass is 16.5. The van der Waals surface area contributed by atoms with Gasteiger partial charge in [-0.25, -0.2) is 0 Å². The number of benzene rings is 1. The summed E-state index contributed by atoms with van der Waals surface area (Å²) in [7, 11) is 1.56. The number of carbonyl (C=O) groups is 1. The van der Waals surface area contributed by atoms with Gasteiger partial charge in [0.2, 0.25) is 0 Å². The number of rotatable bonds is 2. The number of ether oxygens (including phenoxy) is 2. The summed E-state index contributed by atoms with van der Waals surface area (Å²) >= 11 is 0. The molecule has 1 aliphatic heterocycles. The van der Waals surface area contributed by atoms with Crippen molar-refractivity contribution in [3.05, 3.63) is 47.9 Å². The van der Waals surface area contributed by atoms with E-state index in [0.717, 1.165) is 0 Å². The van der Waals surface area contributed by atoms with Crippen LogP contribution in [0.3, 0.4) is 0 Å². The molecule has 0 saturated carbocycles. The topological polar surface area (TPSA) is 60.7 Å². The number of methoxy groups -OCH3 is 1. The van der Waals surface area contributed by atoms with Gasteiger partial charge in [0, 0.05) is 0 Å². The van der Waals surface area contributed by atoms with Gasteiger partial charge in [0.1, 0.15) is 17.3 Å². The molecule has 2 heterocycles. The number of hydrogen-bond acceptors (Lipinski definition) is 4. The second-order valence-corrected chi connectivity index (χ2v) is 4.19. The van der Waals surface area contributed by atoms with Crippen molar-refractivity contribution in [2.45, 2.75) is 6.10 Å². The van der Waals surface area contributed by atoms with Crippen molar-refractivity contribution >= 4 is 5.91 Å². The summed E-state index contributed by atoms with van der Waals surface area (Å²) in [4.78, 5) is 12.0. The zero-order chi connectivity index (χ0) is 13.2. The Morgan fingerprint density at radius 3 is 3.00 bits per heavy atom. The van der Waals surface area contributed by atoms with E-state index in [2.05, 4.69) is 5.32 Å². The summed E-state index contributed by atoms with van der Waals surface area (Å²) in [6, 6.07) is 8.77. The molecular formula is C14H13NO4. The van der Waals surface area contributed by atoms with E-state index in [0.29, 0.717) is 29.4 Å². The van der Waals surface area contributed by atoms with E-state index in [9.17, 15) is 4.79 Å². The van der Waals surface area contributed by atoms with Crippen LogP contribution in [0, 0.1) is 0 Å². The molecule has 98 valence electrons. The third-order valence-corrected chi connectivity index (χ3v) is 3.01. The molecule has 5 nitrogen and oxygen atoms in total. The molecule has 1 aliphatic rings. The quantitative estimate of drug-likeness (QED) is 0.897. The lowest BCUT2D eigenvalue weighted by Gasteiger charge is -2.14. The van der Waals surface area contributed by atoms with E-state index in [1.54, 1.807) is 37.6 Å². The summed E-state index contributed by atoms with van der Waals surface area (Å²) in [5, 5.41) is 2.81. The Labute approximate surface area is 110 Å². The van der Waals surface area contributed by atoms with Crippen LogP contribution in [0.5, 0.6) is 11.5 Å². The van der Waals surface area contributed by atoms with Crippen LogP contribution >= 0.6 is 0 Å². The van der Waals surface area contributed by atoms with E-state index in [-0.39, 0.29) is 12.0 Å². The minimum Gasteiger partial charge on any atom is -0.497 e. The van der Waals surface area contributed by atoms with E-state index < -0.39 is 0 Å². The zero-order valence-corrected chi connectivity index (χ0v) is 10.4. The highest BCUT2D eigenvalue weighted by Crippen LogP contribution is 2.30. The summed E-state index contributed by atoms with van der Waals surface area (Å²) < 4.78 is 16.3. The molecule has 1 N–H and O–H groups in total. The Morgan fingerprint density at radius 2 is 2.26 bits per heavy atom. The lowest BCUT2D eigenvalue weighted by Crippen LogP contribution is -2.26. The third-order valence-electron chi connectivity index (χ3n) is 3.01. The number of amides is 1. The third kappa shape index (κ3) is 2.14. The van der Waals surface area contributed by atoms with Gasteiger partial charge in [-0.15, -0.1) is 0 Å². The minimum absolute atomic E-state index is 0.178. The Morgan fingerprint density at radius 1 is 1.37 bits per heavy atom. The first-order chi connectivity index (χ1) is 9.28. The van der Waals surface area contributed by atoms with Gasteiger partial charge in [-0.05, 0) is 30.3 Å². The van der Waals surface area contributed by atoms with Crippen molar-refractivity contribution in [3.8, 4) is 11.5 Å². The average Bonchev–Trinajstić information content (AvgIpc) is 2.92. The van der Waals surface area contributed by atoms with Crippen molar-refractivity contribution in [2.75, 3.05) is 13.7 Å². The van der Waals surface area contributed by atoms with Gasteiger partial charge in [-0.3, -0.25) is 4.79 Å². The van der Waals surface area contributed by atoms with Gasteiger partial charge in [-0.1, -0.05) is 0 Å². The summed E-state index contributed by atoms with van der Waals surface area (Å²) in [6.45, 7) is 0.364. The summed E-state index contributed by atoms with van der Waals surface area (Å²) in [5.74, 6) is 1.65. The first-order valence-corrected chi connectivity index (χ1v) is 5.94. The molecule has 0 radical (unpaired) electrons. The fraction of sp³-hybridized carbons (Fsp3) is 0.214. The second-order valence-electron chi connectivity index (χ2n) is 4.19. The lowest BCUT2D eigenvalue weighted by atomic mass is 10.2. The molecule has 1 atom stereocenters. The zero-order valence-electron chi connectivity index (χ0n) is 10.4. The average molecular weight is 259 g/mol. The maximum Gasteiger partial charge on any atom is 0.255 e. The minimum atomic E-state index is -0.325. The first-order valence-electron chi connectivity index (χ1n) is 5.94. The van der Waals surface area contributed by atoms with Gasteiger partial charge in [0.15, 0.2) is 6.10 Å². The van der Waals surface area contributed by atoms with Crippen LogP contribution in [0.2, 0.25) is 0 Å². The second kappa shape index (κ2) is 4.68. The van der Waals surface area contributed by atoms with Crippen molar-refractivity contribution in [3.63, 3.8) is 0 Å². The van der Waals surface area contributed by atoms with E-state index >= 15 is 0 Å². The molecule has 1 aromatic heterocycles. The molecule has 0 aliphatic carbocycles. The number of carbonyl (C=O) groups excluding carboxylic acids is 1. The number of hydrogen-bond donors (Lipinski definition) is 1. The van der Waals surface area contributed by atoms with E-state index in [1.807, 2.05) is 6.07 Å². The highest BCUT2D eigenvalue weighted by molar-refractivity contribution is 5.97. The Kier molecular flexibility index (Phi) is 2.87.